The summed E-state index contributed by atoms with van der Waals surface area (Å²) in [5.74, 6) is 0.398. The van der Waals surface area contributed by atoms with Crippen molar-refractivity contribution >= 4 is 10.9 Å². The fourth-order valence-corrected chi connectivity index (χ4v) is 4.64. The summed E-state index contributed by atoms with van der Waals surface area (Å²) in [6.45, 7) is 5.48. The quantitative estimate of drug-likeness (QED) is 0.321. The first-order valence-corrected chi connectivity index (χ1v) is 12.3. The van der Waals surface area contributed by atoms with E-state index in [4.69, 9.17) is 0 Å². The highest BCUT2D eigenvalue weighted by molar-refractivity contribution is 5.79. The van der Waals surface area contributed by atoms with Crippen LogP contribution < -0.4 is 5.56 Å². The van der Waals surface area contributed by atoms with Gasteiger partial charge in [-0.2, -0.15) is 0 Å². The van der Waals surface area contributed by atoms with Crippen LogP contribution in [0.1, 0.15) is 47.5 Å². The monoisotopic (exact) mass is 497 g/mol. The molecule has 188 valence electrons. The van der Waals surface area contributed by atoms with E-state index in [1.54, 1.807) is 23.0 Å². The molecule has 0 radical (unpaired) electrons. The van der Waals surface area contributed by atoms with Gasteiger partial charge in [0.25, 0.3) is 5.56 Å². The molecule has 9 heteroatoms. The second-order valence-electron chi connectivity index (χ2n) is 9.23. The minimum Gasteiger partial charge on any atom is -0.322 e. The van der Waals surface area contributed by atoms with Crippen molar-refractivity contribution < 1.29 is 4.39 Å². The summed E-state index contributed by atoms with van der Waals surface area (Å²) in [6.07, 6.45) is 4.29. The van der Waals surface area contributed by atoms with Crippen molar-refractivity contribution in [3.05, 3.63) is 117 Å². The molecular weight excluding hydrogens is 469 g/mol. The normalized spacial score (nSPS) is 12.3. The van der Waals surface area contributed by atoms with Crippen LogP contribution in [-0.2, 0) is 19.6 Å². The molecule has 3 aromatic heterocycles. The minimum absolute atomic E-state index is 0.117. The molecule has 1 unspecified atom stereocenters. The number of halogens is 1. The van der Waals surface area contributed by atoms with Crippen LogP contribution in [0.5, 0.6) is 0 Å². The molecule has 3 heterocycles. The van der Waals surface area contributed by atoms with E-state index in [-0.39, 0.29) is 17.4 Å². The van der Waals surface area contributed by atoms with Crippen LogP contribution in [0.2, 0.25) is 0 Å². The first-order valence-electron chi connectivity index (χ1n) is 12.3. The second kappa shape index (κ2) is 10.8. The molecule has 8 nitrogen and oxygen atoms in total. The predicted molar refractivity (Wildman–Crippen MR) is 139 cm³/mol. The molecule has 0 saturated carbocycles. The van der Waals surface area contributed by atoms with E-state index in [0.29, 0.717) is 37.4 Å². The molecule has 0 saturated heterocycles. The maximum absolute atomic E-state index is 13.4. The summed E-state index contributed by atoms with van der Waals surface area (Å²) in [5.41, 5.74) is 4.40. The number of benzene rings is 2. The molecule has 1 N–H and O–H groups in total. The van der Waals surface area contributed by atoms with E-state index in [1.807, 2.05) is 43.5 Å². The van der Waals surface area contributed by atoms with Gasteiger partial charge < -0.3 is 4.98 Å². The molecule has 0 aliphatic heterocycles. The van der Waals surface area contributed by atoms with E-state index in [1.165, 1.54) is 12.1 Å². The molecule has 1 atom stereocenters. The zero-order valence-corrected chi connectivity index (χ0v) is 20.8. The van der Waals surface area contributed by atoms with Crippen LogP contribution in [0.15, 0.2) is 77.9 Å². The zero-order chi connectivity index (χ0) is 25.8. The summed E-state index contributed by atoms with van der Waals surface area (Å²) >= 11 is 0. The van der Waals surface area contributed by atoms with Gasteiger partial charge in [-0.1, -0.05) is 36.8 Å². The summed E-state index contributed by atoms with van der Waals surface area (Å²) in [5, 5.41) is 13.5. The number of aromatic amines is 1. The standard InChI is InChI=1S/C28H28FN7O/c1-3-26(27-32-33-34-36(27)17-20-7-9-24(29)10-8-20)35(16-21-5-4-12-30-15-21)18-23-14-22-13-19(2)6-11-25(22)31-28(23)37/h4-15,26H,3,16-18H2,1-2H3,(H,31,37). The first-order chi connectivity index (χ1) is 18.0. The Morgan fingerprint density at radius 1 is 1.05 bits per heavy atom. The zero-order valence-electron chi connectivity index (χ0n) is 20.8. The number of fused-ring (bicyclic) bond motifs is 1. The van der Waals surface area contributed by atoms with Gasteiger partial charge in [-0.25, -0.2) is 9.07 Å². The third-order valence-corrected chi connectivity index (χ3v) is 6.49. The number of aryl methyl sites for hydroxylation is 1. The molecular formula is C28H28FN7O. The van der Waals surface area contributed by atoms with E-state index in [9.17, 15) is 9.18 Å². The summed E-state index contributed by atoms with van der Waals surface area (Å²) in [6, 6.07) is 18.0. The lowest BCUT2D eigenvalue weighted by Gasteiger charge is -2.30. The van der Waals surface area contributed by atoms with Crippen molar-refractivity contribution in [3.63, 3.8) is 0 Å². The average molecular weight is 498 g/mol. The van der Waals surface area contributed by atoms with Crippen LogP contribution >= 0.6 is 0 Å². The molecule has 5 aromatic rings. The van der Waals surface area contributed by atoms with Gasteiger partial charge in [0.1, 0.15) is 5.82 Å². The van der Waals surface area contributed by atoms with Crippen molar-refractivity contribution in [2.45, 2.75) is 45.9 Å². The lowest BCUT2D eigenvalue weighted by molar-refractivity contribution is 0.161. The number of hydrogen-bond donors (Lipinski definition) is 1. The Kier molecular flexibility index (Phi) is 7.14. The van der Waals surface area contributed by atoms with E-state index in [2.05, 4.69) is 43.4 Å². The molecule has 5 rings (SSSR count). The van der Waals surface area contributed by atoms with Gasteiger partial charge in [0, 0.05) is 36.6 Å². The molecule has 0 aliphatic carbocycles. The van der Waals surface area contributed by atoms with Gasteiger partial charge in [-0.05, 0) is 76.7 Å². The average Bonchev–Trinajstić information content (AvgIpc) is 3.35. The van der Waals surface area contributed by atoms with Gasteiger partial charge in [0.2, 0.25) is 0 Å². The number of tetrazole rings is 1. The maximum Gasteiger partial charge on any atom is 0.252 e. The molecule has 0 bridgehead atoms. The Bertz CT molecular complexity index is 1550. The van der Waals surface area contributed by atoms with Crippen molar-refractivity contribution in [1.82, 2.24) is 35.1 Å². The molecule has 0 aliphatic rings. The Labute approximate surface area is 213 Å². The largest absolute Gasteiger partial charge is 0.322 e. The lowest BCUT2D eigenvalue weighted by atomic mass is 10.1. The predicted octanol–water partition coefficient (Wildman–Crippen LogP) is 4.56. The fourth-order valence-electron chi connectivity index (χ4n) is 4.64. The Morgan fingerprint density at radius 3 is 2.65 bits per heavy atom. The highest BCUT2D eigenvalue weighted by Gasteiger charge is 2.26. The van der Waals surface area contributed by atoms with Gasteiger partial charge in [0.05, 0.1) is 12.6 Å². The van der Waals surface area contributed by atoms with Crippen molar-refractivity contribution in [3.8, 4) is 0 Å². The third-order valence-electron chi connectivity index (χ3n) is 6.49. The number of aromatic nitrogens is 6. The number of H-pyrrole nitrogens is 1. The number of hydrogen-bond acceptors (Lipinski definition) is 6. The Hall–Kier alpha value is -4.24. The van der Waals surface area contributed by atoms with Gasteiger partial charge in [-0.15, -0.1) is 5.10 Å². The van der Waals surface area contributed by atoms with E-state index >= 15 is 0 Å². The summed E-state index contributed by atoms with van der Waals surface area (Å²) < 4.78 is 15.2. The Balaban J connectivity index is 1.51. The smallest absolute Gasteiger partial charge is 0.252 e. The molecule has 0 fully saturated rings. The Morgan fingerprint density at radius 2 is 1.89 bits per heavy atom. The van der Waals surface area contributed by atoms with E-state index < -0.39 is 0 Å². The highest BCUT2D eigenvalue weighted by atomic mass is 19.1. The lowest BCUT2D eigenvalue weighted by Crippen LogP contribution is -2.32. The third kappa shape index (κ3) is 5.62. The van der Waals surface area contributed by atoms with E-state index in [0.717, 1.165) is 27.6 Å². The minimum atomic E-state index is -0.287. The summed E-state index contributed by atoms with van der Waals surface area (Å²) in [4.78, 5) is 22.6. The van der Waals surface area contributed by atoms with Crippen LogP contribution in [0.3, 0.4) is 0 Å². The van der Waals surface area contributed by atoms with Crippen LogP contribution in [-0.4, -0.2) is 35.1 Å². The molecule has 2 aromatic carbocycles. The first kappa shape index (κ1) is 24.5. The maximum atomic E-state index is 13.4. The SMILES string of the molecule is CCC(c1nnnn1Cc1ccc(F)cc1)N(Cc1cccnc1)Cc1cc2cc(C)ccc2[nH]c1=O. The number of nitrogens with zero attached hydrogens (tertiary/aromatic N) is 6. The van der Waals surface area contributed by atoms with Crippen molar-refractivity contribution in [2.24, 2.45) is 0 Å². The fraction of sp³-hybridized carbons (Fsp3) is 0.250. The van der Waals surface area contributed by atoms with Gasteiger partial charge in [0.15, 0.2) is 5.82 Å². The van der Waals surface area contributed by atoms with Crippen molar-refractivity contribution in [1.29, 1.82) is 0 Å². The molecule has 0 spiro atoms. The number of nitrogens with one attached hydrogen (secondary N) is 1. The molecule has 37 heavy (non-hydrogen) atoms. The van der Waals surface area contributed by atoms with Crippen LogP contribution in [0, 0.1) is 12.7 Å². The van der Waals surface area contributed by atoms with Crippen LogP contribution in [0.4, 0.5) is 4.39 Å². The number of rotatable bonds is 9. The van der Waals surface area contributed by atoms with Gasteiger partial charge >= 0.3 is 0 Å². The topological polar surface area (TPSA) is 92.6 Å². The number of pyridine rings is 2. The van der Waals surface area contributed by atoms with Crippen molar-refractivity contribution in [2.75, 3.05) is 0 Å². The van der Waals surface area contributed by atoms with Crippen LogP contribution in [0.25, 0.3) is 10.9 Å². The summed E-state index contributed by atoms with van der Waals surface area (Å²) in [7, 11) is 0. The second-order valence-corrected chi connectivity index (χ2v) is 9.23. The van der Waals surface area contributed by atoms with Gasteiger partial charge in [-0.3, -0.25) is 14.7 Å². The molecule has 0 amide bonds. The highest BCUT2D eigenvalue weighted by Crippen LogP contribution is 2.27.